The lowest BCUT2D eigenvalue weighted by molar-refractivity contribution is -0.148. The molecule has 0 atom stereocenters. The molecule has 0 unspecified atom stereocenters. The molecule has 116 valence electrons. The van der Waals surface area contributed by atoms with Crippen LogP contribution in [0.5, 0.6) is 5.75 Å². The molecular weight excluding hydrogens is 406 g/mol. The van der Waals surface area contributed by atoms with Crippen LogP contribution in [-0.4, -0.2) is 43.6 Å². The van der Waals surface area contributed by atoms with E-state index in [1.807, 2.05) is 19.1 Å². The predicted octanol–water partition coefficient (Wildman–Crippen LogP) is 2.92. The van der Waals surface area contributed by atoms with E-state index in [1.54, 1.807) is 6.92 Å². The fourth-order valence-corrected chi connectivity index (χ4v) is 3.16. The number of esters is 1. The fraction of sp³-hybridized carbons (Fsp3) is 0.429. The number of halogens is 2. The van der Waals surface area contributed by atoms with E-state index in [1.165, 1.54) is 11.9 Å². The molecule has 0 aromatic heterocycles. The first-order valence-electron chi connectivity index (χ1n) is 6.33. The monoisotopic (exact) mass is 421 g/mol. The quantitative estimate of drug-likeness (QED) is 0.661. The standard InChI is InChI=1S/C14H17Br2NO4/c1-4-20-13(19)7-17(3)12(18)8-21-14-9(2)5-10(15)6-11(14)16/h5-6H,4,7-8H2,1-3H3. The van der Waals surface area contributed by atoms with Crippen molar-refractivity contribution < 1.29 is 19.1 Å². The van der Waals surface area contributed by atoms with E-state index in [2.05, 4.69) is 31.9 Å². The molecule has 0 aliphatic carbocycles. The van der Waals surface area contributed by atoms with Crippen LogP contribution in [0.3, 0.4) is 0 Å². The Morgan fingerprint density at radius 3 is 2.52 bits per heavy atom. The molecule has 5 nitrogen and oxygen atoms in total. The van der Waals surface area contributed by atoms with Gasteiger partial charge in [-0.15, -0.1) is 0 Å². The van der Waals surface area contributed by atoms with Crippen molar-refractivity contribution in [3.05, 3.63) is 26.6 Å². The molecule has 1 aromatic rings. The molecule has 1 amide bonds. The summed E-state index contributed by atoms with van der Waals surface area (Å²) < 4.78 is 12.0. The molecular formula is C14H17Br2NO4. The third kappa shape index (κ3) is 5.67. The molecule has 0 aliphatic heterocycles. The Morgan fingerprint density at radius 1 is 1.29 bits per heavy atom. The number of aryl methyl sites for hydroxylation is 1. The van der Waals surface area contributed by atoms with Crippen molar-refractivity contribution >= 4 is 43.7 Å². The Kier molecular flexibility index (Phi) is 7.17. The van der Waals surface area contributed by atoms with E-state index in [0.717, 1.165) is 14.5 Å². The molecule has 0 aliphatic rings. The van der Waals surface area contributed by atoms with Gasteiger partial charge in [0, 0.05) is 11.5 Å². The maximum atomic E-state index is 11.9. The van der Waals surface area contributed by atoms with Crippen LogP contribution in [-0.2, 0) is 14.3 Å². The average Bonchev–Trinajstić information content (AvgIpc) is 2.37. The first kappa shape index (κ1) is 18.0. The zero-order chi connectivity index (χ0) is 16.0. The number of nitrogens with zero attached hydrogens (tertiary/aromatic N) is 1. The van der Waals surface area contributed by atoms with E-state index in [0.29, 0.717) is 12.4 Å². The van der Waals surface area contributed by atoms with Gasteiger partial charge in [0.05, 0.1) is 11.1 Å². The van der Waals surface area contributed by atoms with Crippen molar-refractivity contribution in [1.29, 1.82) is 0 Å². The molecule has 0 saturated carbocycles. The zero-order valence-corrected chi connectivity index (χ0v) is 15.3. The van der Waals surface area contributed by atoms with Crippen LogP contribution in [0.15, 0.2) is 21.1 Å². The van der Waals surface area contributed by atoms with Crippen molar-refractivity contribution in [2.75, 3.05) is 26.8 Å². The van der Waals surface area contributed by atoms with Crippen LogP contribution >= 0.6 is 31.9 Å². The summed E-state index contributed by atoms with van der Waals surface area (Å²) in [6.45, 7) is 3.67. The number of carbonyl (C=O) groups excluding carboxylic acids is 2. The summed E-state index contributed by atoms with van der Waals surface area (Å²) >= 11 is 6.77. The van der Waals surface area contributed by atoms with Crippen LogP contribution in [0.4, 0.5) is 0 Å². The highest BCUT2D eigenvalue weighted by molar-refractivity contribution is 9.11. The van der Waals surface area contributed by atoms with Gasteiger partial charge in [-0.25, -0.2) is 0 Å². The number of hydrogen-bond donors (Lipinski definition) is 0. The average molecular weight is 423 g/mol. The predicted molar refractivity (Wildman–Crippen MR) is 86.3 cm³/mol. The summed E-state index contributed by atoms with van der Waals surface area (Å²) in [4.78, 5) is 24.5. The van der Waals surface area contributed by atoms with Gasteiger partial charge in [0.25, 0.3) is 5.91 Å². The second-order valence-corrected chi connectivity index (χ2v) is 6.15. The SMILES string of the molecule is CCOC(=O)CN(C)C(=O)COc1c(C)cc(Br)cc1Br. The molecule has 0 heterocycles. The lowest BCUT2D eigenvalue weighted by Crippen LogP contribution is -2.36. The van der Waals surface area contributed by atoms with Gasteiger partial charge in [0.2, 0.25) is 0 Å². The van der Waals surface area contributed by atoms with E-state index < -0.39 is 5.97 Å². The second-order valence-electron chi connectivity index (χ2n) is 4.38. The number of benzene rings is 1. The van der Waals surface area contributed by atoms with Crippen molar-refractivity contribution in [2.24, 2.45) is 0 Å². The minimum Gasteiger partial charge on any atom is -0.482 e. The Morgan fingerprint density at radius 2 is 1.95 bits per heavy atom. The van der Waals surface area contributed by atoms with Gasteiger partial charge in [-0.3, -0.25) is 9.59 Å². The Hall–Kier alpha value is -1.08. The van der Waals surface area contributed by atoms with Crippen molar-refractivity contribution in [3.63, 3.8) is 0 Å². The van der Waals surface area contributed by atoms with Gasteiger partial charge >= 0.3 is 5.97 Å². The molecule has 21 heavy (non-hydrogen) atoms. The fourth-order valence-electron chi connectivity index (χ4n) is 1.60. The molecule has 7 heteroatoms. The highest BCUT2D eigenvalue weighted by atomic mass is 79.9. The summed E-state index contributed by atoms with van der Waals surface area (Å²) in [7, 11) is 1.53. The molecule has 1 aromatic carbocycles. The minimum atomic E-state index is -0.436. The van der Waals surface area contributed by atoms with Crippen LogP contribution < -0.4 is 4.74 Å². The molecule has 0 spiro atoms. The second kappa shape index (κ2) is 8.38. The molecule has 0 saturated heterocycles. The topological polar surface area (TPSA) is 55.8 Å². The van der Waals surface area contributed by atoms with Gasteiger partial charge in [-0.05, 0) is 47.5 Å². The number of rotatable bonds is 6. The number of hydrogen-bond acceptors (Lipinski definition) is 4. The van der Waals surface area contributed by atoms with Crippen molar-refractivity contribution in [3.8, 4) is 5.75 Å². The smallest absolute Gasteiger partial charge is 0.325 e. The third-order valence-corrected chi connectivity index (χ3v) is 3.68. The molecule has 0 radical (unpaired) electrons. The van der Waals surface area contributed by atoms with Gasteiger partial charge in [0.1, 0.15) is 12.3 Å². The van der Waals surface area contributed by atoms with Crippen molar-refractivity contribution in [2.45, 2.75) is 13.8 Å². The number of amides is 1. The van der Waals surface area contributed by atoms with E-state index >= 15 is 0 Å². The minimum absolute atomic E-state index is 0.0868. The van der Waals surface area contributed by atoms with E-state index in [-0.39, 0.29) is 19.1 Å². The maximum Gasteiger partial charge on any atom is 0.325 e. The molecule has 0 N–H and O–H groups in total. The number of likely N-dealkylation sites (N-methyl/N-ethyl adjacent to an activating group) is 1. The largest absolute Gasteiger partial charge is 0.482 e. The zero-order valence-electron chi connectivity index (χ0n) is 12.1. The van der Waals surface area contributed by atoms with E-state index in [9.17, 15) is 9.59 Å². The third-order valence-electron chi connectivity index (χ3n) is 2.63. The normalized spacial score (nSPS) is 10.1. The highest BCUT2D eigenvalue weighted by Crippen LogP contribution is 2.32. The maximum absolute atomic E-state index is 11.9. The Labute approximate surface area is 140 Å². The summed E-state index contributed by atoms with van der Waals surface area (Å²) in [5.41, 5.74) is 0.900. The van der Waals surface area contributed by atoms with E-state index in [4.69, 9.17) is 9.47 Å². The Bertz CT molecular complexity index is 511. The summed E-state index contributed by atoms with van der Waals surface area (Å²) in [5, 5.41) is 0. The summed E-state index contributed by atoms with van der Waals surface area (Å²) in [5.74, 6) is -0.122. The van der Waals surface area contributed by atoms with Gasteiger partial charge < -0.3 is 14.4 Å². The molecule has 1 rings (SSSR count). The molecule has 0 bridgehead atoms. The number of ether oxygens (including phenoxy) is 2. The van der Waals surface area contributed by atoms with Crippen LogP contribution in [0.25, 0.3) is 0 Å². The molecule has 0 fully saturated rings. The lowest BCUT2D eigenvalue weighted by Gasteiger charge is -2.17. The first-order chi connectivity index (χ1) is 9.85. The first-order valence-corrected chi connectivity index (χ1v) is 7.91. The van der Waals surface area contributed by atoms with Gasteiger partial charge in [-0.2, -0.15) is 0 Å². The lowest BCUT2D eigenvalue weighted by atomic mass is 10.2. The highest BCUT2D eigenvalue weighted by Gasteiger charge is 2.15. The Balaban J connectivity index is 2.59. The van der Waals surface area contributed by atoms with Gasteiger partial charge in [0.15, 0.2) is 6.61 Å². The summed E-state index contributed by atoms with van der Waals surface area (Å²) in [6.07, 6.45) is 0. The van der Waals surface area contributed by atoms with Crippen molar-refractivity contribution in [1.82, 2.24) is 4.90 Å². The summed E-state index contributed by atoms with van der Waals surface area (Å²) in [6, 6.07) is 3.74. The number of carbonyl (C=O) groups is 2. The van der Waals surface area contributed by atoms with Crippen LogP contribution in [0.2, 0.25) is 0 Å². The van der Waals surface area contributed by atoms with Gasteiger partial charge in [-0.1, -0.05) is 15.9 Å². The van der Waals surface area contributed by atoms with Crippen LogP contribution in [0.1, 0.15) is 12.5 Å². The van der Waals surface area contributed by atoms with Crippen LogP contribution in [0, 0.1) is 6.92 Å².